The van der Waals surface area contributed by atoms with E-state index < -0.39 is 18.5 Å². The smallest absolute Gasteiger partial charge is 0.344 e. The number of anilines is 1. The number of nitrogens with one attached hydrogen (secondary N) is 1. The predicted octanol–water partition coefficient (Wildman–Crippen LogP) is 3.71. The van der Waals surface area contributed by atoms with Crippen LogP contribution in [0.1, 0.15) is 16.7 Å². The van der Waals surface area contributed by atoms with Gasteiger partial charge in [-0.15, -0.1) is 0 Å². The maximum Gasteiger partial charge on any atom is 0.344 e. The molecule has 0 aliphatic carbocycles. The first kappa shape index (κ1) is 20.6. The summed E-state index contributed by atoms with van der Waals surface area (Å²) in [5, 5.41) is 11.5. The van der Waals surface area contributed by atoms with Crippen molar-refractivity contribution in [2.75, 3.05) is 18.5 Å². The summed E-state index contributed by atoms with van der Waals surface area (Å²) in [5.41, 5.74) is 3.27. The molecule has 1 N–H and O–H groups in total. The highest BCUT2D eigenvalue weighted by atomic mass is 16.6. The number of nitriles is 1. The van der Waals surface area contributed by atoms with Crippen molar-refractivity contribution in [3.05, 3.63) is 95.6 Å². The van der Waals surface area contributed by atoms with E-state index in [-0.39, 0.29) is 6.61 Å². The summed E-state index contributed by atoms with van der Waals surface area (Å²) in [4.78, 5) is 24.0. The second kappa shape index (κ2) is 10.4. The highest BCUT2D eigenvalue weighted by molar-refractivity contribution is 5.93. The Balaban J connectivity index is 1.47. The highest BCUT2D eigenvalue weighted by Crippen LogP contribution is 2.19. The molecule has 0 saturated heterocycles. The third-order valence-corrected chi connectivity index (χ3v) is 4.23. The molecular weight excluding hydrogens is 380 g/mol. The number of hydrogen-bond acceptors (Lipinski definition) is 5. The first-order chi connectivity index (χ1) is 14.6. The van der Waals surface area contributed by atoms with Gasteiger partial charge in [0, 0.05) is 5.69 Å². The van der Waals surface area contributed by atoms with Crippen molar-refractivity contribution >= 4 is 17.6 Å². The van der Waals surface area contributed by atoms with E-state index in [0.29, 0.717) is 23.4 Å². The van der Waals surface area contributed by atoms with Crippen LogP contribution < -0.4 is 10.1 Å². The normalized spacial score (nSPS) is 9.97. The topological polar surface area (TPSA) is 88.4 Å². The molecule has 0 unspecified atom stereocenters. The van der Waals surface area contributed by atoms with E-state index in [4.69, 9.17) is 14.7 Å². The molecular formula is C24H20N2O4. The molecule has 0 spiro atoms. The zero-order valence-electron chi connectivity index (χ0n) is 16.2. The lowest BCUT2D eigenvalue weighted by Crippen LogP contribution is -2.24. The molecule has 0 fully saturated rings. The maximum atomic E-state index is 12.2. The Kier molecular flexibility index (Phi) is 7.17. The van der Waals surface area contributed by atoms with Crippen LogP contribution in [0.15, 0.2) is 78.9 Å². The number of carbonyl (C=O) groups is 2. The Hall–Kier alpha value is -4.11. The molecule has 0 bridgehead atoms. The van der Waals surface area contributed by atoms with Crippen LogP contribution in [0.4, 0.5) is 5.69 Å². The van der Waals surface area contributed by atoms with Crippen LogP contribution in [0.5, 0.6) is 5.75 Å². The molecule has 0 saturated carbocycles. The van der Waals surface area contributed by atoms with Crippen LogP contribution in [-0.2, 0) is 20.7 Å². The van der Waals surface area contributed by atoms with Crippen molar-refractivity contribution in [2.24, 2.45) is 0 Å². The van der Waals surface area contributed by atoms with Gasteiger partial charge in [-0.25, -0.2) is 4.79 Å². The van der Waals surface area contributed by atoms with E-state index in [1.165, 1.54) is 0 Å². The molecule has 0 radical (unpaired) electrons. The van der Waals surface area contributed by atoms with Gasteiger partial charge >= 0.3 is 5.97 Å². The lowest BCUT2D eigenvalue weighted by Gasteiger charge is -2.12. The lowest BCUT2D eigenvalue weighted by molar-refractivity contribution is -0.149. The van der Waals surface area contributed by atoms with Crippen LogP contribution in [0.3, 0.4) is 0 Å². The molecule has 30 heavy (non-hydrogen) atoms. The summed E-state index contributed by atoms with van der Waals surface area (Å²) in [5.74, 6) is -0.653. The molecule has 150 valence electrons. The molecule has 0 aliphatic heterocycles. The van der Waals surface area contributed by atoms with Crippen molar-refractivity contribution in [1.29, 1.82) is 5.26 Å². The van der Waals surface area contributed by atoms with Gasteiger partial charge in [0.25, 0.3) is 5.91 Å². The highest BCUT2D eigenvalue weighted by Gasteiger charge is 2.11. The Morgan fingerprint density at radius 3 is 2.30 bits per heavy atom. The fourth-order valence-corrected chi connectivity index (χ4v) is 2.75. The Morgan fingerprint density at radius 2 is 1.57 bits per heavy atom. The maximum absolute atomic E-state index is 12.2. The van der Waals surface area contributed by atoms with Gasteiger partial charge in [-0.1, -0.05) is 48.5 Å². The molecule has 0 aromatic heterocycles. The summed E-state index contributed by atoms with van der Waals surface area (Å²) >= 11 is 0. The number of benzene rings is 3. The first-order valence-electron chi connectivity index (χ1n) is 9.34. The molecule has 1 amide bonds. The minimum atomic E-state index is -0.660. The van der Waals surface area contributed by atoms with Crippen molar-refractivity contribution in [3.63, 3.8) is 0 Å². The van der Waals surface area contributed by atoms with Gasteiger partial charge in [-0.3, -0.25) is 4.79 Å². The van der Waals surface area contributed by atoms with E-state index in [1.54, 1.807) is 24.3 Å². The van der Waals surface area contributed by atoms with Crippen LogP contribution in [0, 0.1) is 11.3 Å². The molecule has 0 atom stereocenters. The number of carbonyl (C=O) groups excluding carboxylic acids is 2. The van der Waals surface area contributed by atoms with Gasteiger partial charge in [0.15, 0.2) is 13.2 Å². The lowest BCUT2D eigenvalue weighted by atomic mass is 10.0. The summed E-state index contributed by atoms with van der Waals surface area (Å²) < 4.78 is 10.3. The summed E-state index contributed by atoms with van der Waals surface area (Å²) in [6.07, 6.45) is 0.676. The van der Waals surface area contributed by atoms with Gasteiger partial charge in [0.2, 0.25) is 0 Å². The van der Waals surface area contributed by atoms with Crippen molar-refractivity contribution in [2.45, 2.75) is 6.42 Å². The standard InChI is InChI=1S/C24H20N2O4/c25-15-19-10-12-21(13-11-19)29-17-24(28)30-16-23(27)26-22-9-5-4-8-20(22)14-18-6-2-1-3-7-18/h1-13H,14,16-17H2,(H,26,27). The molecule has 6 heteroatoms. The van der Waals surface area contributed by atoms with Gasteiger partial charge in [-0.05, 0) is 47.9 Å². The number of ether oxygens (including phenoxy) is 2. The molecule has 0 aliphatic rings. The third kappa shape index (κ3) is 6.21. The van der Waals surface area contributed by atoms with Crippen molar-refractivity contribution < 1.29 is 19.1 Å². The zero-order chi connectivity index (χ0) is 21.2. The van der Waals surface area contributed by atoms with Gasteiger partial charge in [-0.2, -0.15) is 5.26 Å². The Morgan fingerprint density at radius 1 is 0.867 bits per heavy atom. The Labute approximate surface area is 174 Å². The fraction of sp³-hybridized carbons (Fsp3) is 0.125. The summed E-state index contributed by atoms with van der Waals surface area (Å²) in [6.45, 7) is -0.737. The Bertz CT molecular complexity index is 1040. The number of rotatable bonds is 8. The fourth-order valence-electron chi connectivity index (χ4n) is 2.75. The number of esters is 1. The average Bonchev–Trinajstić information content (AvgIpc) is 2.78. The largest absolute Gasteiger partial charge is 0.482 e. The van der Waals surface area contributed by atoms with E-state index in [2.05, 4.69) is 5.32 Å². The number of para-hydroxylation sites is 1. The van der Waals surface area contributed by atoms with Crippen molar-refractivity contribution in [1.82, 2.24) is 0 Å². The van der Waals surface area contributed by atoms with Crippen LogP contribution >= 0.6 is 0 Å². The van der Waals surface area contributed by atoms with Crippen LogP contribution in [0.2, 0.25) is 0 Å². The van der Waals surface area contributed by atoms with Gasteiger partial charge in [0.05, 0.1) is 11.6 Å². The van der Waals surface area contributed by atoms with E-state index >= 15 is 0 Å². The number of amides is 1. The summed E-state index contributed by atoms with van der Waals surface area (Å²) in [6, 6.07) is 25.8. The second-order valence-electron chi connectivity index (χ2n) is 6.45. The molecule has 3 aromatic carbocycles. The van der Waals surface area contributed by atoms with Crippen molar-refractivity contribution in [3.8, 4) is 11.8 Å². The molecule has 3 aromatic rings. The second-order valence-corrected chi connectivity index (χ2v) is 6.45. The molecule has 3 rings (SSSR count). The van der Waals surface area contributed by atoms with E-state index in [9.17, 15) is 9.59 Å². The average molecular weight is 400 g/mol. The third-order valence-electron chi connectivity index (χ3n) is 4.23. The van der Waals surface area contributed by atoms with Gasteiger partial charge < -0.3 is 14.8 Å². The first-order valence-corrected chi connectivity index (χ1v) is 9.34. The van der Waals surface area contributed by atoms with E-state index in [0.717, 1.165) is 11.1 Å². The SMILES string of the molecule is N#Cc1ccc(OCC(=O)OCC(=O)Nc2ccccc2Cc2ccccc2)cc1. The quantitative estimate of drug-likeness (QED) is 0.583. The van der Waals surface area contributed by atoms with Gasteiger partial charge in [0.1, 0.15) is 5.75 Å². The molecule has 6 nitrogen and oxygen atoms in total. The molecule has 0 heterocycles. The van der Waals surface area contributed by atoms with E-state index in [1.807, 2.05) is 60.7 Å². The minimum Gasteiger partial charge on any atom is -0.482 e. The summed E-state index contributed by atoms with van der Waals surface area (Å²) in [7, 11) is 0. The number of hydrogen-bond donors (Lipinski definition) is 1. The zero-order valence-corrected chi connectivity index (χ0v) is 16.2. The number of nitrogens with zero attached hydrogens (tertiary/aromatic N) is 1. The minimum absolute atomic E-state index is 0.330. The van der Waals surface area contributed by atoms with Crippen LogP contribution in [-0.4, -0.2) is 25.1 Å². The van der Waals surface area contributed by atoms with Crippen LogP contribution in [0.25, 0.3) is 0 Å². The predicted molar refractivity (Wildman–Crippen MR) is 112 cm³/mol. The monoisotopic (exact) mass is 400 g/mol.